The highest BCUT2D eigenvalue weighted by atomic mass is 16.5. The van der Waals surface area contributed by atoms with Gasteiger partial charge in [-0.05, 0) is 42.0 Å². The van der Waals surface area contributed by atoms with E-state index >= 15 is 0 Å². The van der Waals surface area contributed by atoms with Crippen molar-refractivity contribution in [3.63, 3.8) is 0 Å². The van der Waals surface area contributed by atoms with E-state index in [-0.39, 0.29) is 0 Å². The first-order valence-electron chi connectivity index (χ1n) is 8.32. The van der Waals surface area contributed by atoms with E-state index in [4.69, 9.17) is 4.74 Å². The van der Waals surface area contributed by atoms with E-state index in [1.54, 1.807) is 0 Å². The van der Waals surface area contributed by atoms with Gasteiger partial charge in [-0.2, -0.15) is 0 Å². The zero-order valence-corrected chi connectivity index (χ0v) is 13.8. The minimum atomic E-state index is 0.771. The Morgan fingerprint density at radius 3 is 2.40 bits per heavy atom. The topological polar surface area (TPSA) is 38.6 Å². The SMILES string of the molecule is c1ccc(Oc2ccc(CNCc3cnc4ccccn34)cc2)cc1. The average Bonchev–Trinajstić information content (AvgIpc) is 3.07. The summed E-state index contributed by atoms with van der Waals surface area (Å²) in [6.45, 7) is 1.57. The number of hydrogen-bond acceptors (Lipinski definition) is 3. The molecule has 0 bridgehead atoms. The Labute approximate surface area is 146 Å². The molecule has 0 aliphatic rings. The number of aromatic nitrogens is 2. The van der Waals surface area contributed by atoms with Crippen molar-refractivity contribution in [3.05, 3.63) is 96.4 Å². The molecule has 4 aromatic rings. The lowest BCUT2D eigenvalue weighted by atomic mass is 10.2. The van der Waals surface area contributed by atoms with Gasteiger partial charge in [0.25, 0.3) is 0 Å². The van der Waals surface area contributed by atoms with Gasteiger partial charge in [0, 0.05) is 19.3 Å². The van der Waals surface area contributed by atoms with Gasteiger partial charge >= 0.3 is 0 Å². The minimum Gasteiger partial charge on any atom is -0.457 e. The number of imidazole rings is 1. The number of nitrogens with zero attached hydrogens (tertiary/aromatic N) is 2. The maximum absolute atomic E-state index is 5.81. The number of hydrogen-bond donors (Lipinski definition) is 1. The molecule has 4 nitrogen and oxygen atoms in total. The fraction of sp³-hybridized carbons (Fsp3) is 0.0952. The molecule has 0 radical (unpaired) electrons. The largest absolute Gasteiger partial charge is 0.457 e. The van der Waals surface area contributed by atoms with Crippen LogP contribution in [0.4, 0.5) is 0 Å². The van der Waals surface area contributed by atoms with Gasteiger partial charge in [-0.15, -0.1) is 0 Å². The average molecular weight is 329 g/mol. The summed E-state index contributed by atoms with van der Waals surface area (Å²) in [5.74, 6) is 1.69. The van der Waals surface area contributed by atoms with E-state index in [1.807, 2.05) is 73.1 Å². The number of pyridine rings is 1. The zero-order valence-electron chi connectivity index (χ0n) is 13.8. The van der Waals surface area contributed by atoms with Crippen LogP contribution in [0.1, 0.15) is 11.3 Å². The molecule has 0 saturated carbocycles. The molecule has 2 aromatic heterocycles. The summed E-state index contributed by atoms with van der Waals surface area (Å²) in [4.78, 5) is 4.40. The third-order valence-corrected chi connectivity index (χ3v) is 4.03. The molecule has 2 aromatic carbocycles. The van der Waals surface area contributed by atoms with Crippen LogP contribution in [0, 0.1) is 0 Å². The second-order valence-corrected chi connectivity index (χ2v) is 5.84. The molecule has 25 heavy (non-hydrogen) atoms. The molecular formula is C21H19N3O. The lowest BCUT2D eigenvalue weighted by Gasteiger charge is -2.08. The van der Waals surface area contributed by atoms with Crippen molar-refractivity contribution < 1.29 is 4.74 Å². The van der Waals surface area contributed by atoms with E-state index < -0.39 is 0 Å². The predicted octanol–water partition coefficient (Wildman–Crippen LogP) is 4.42. The first-order valence-corrected chi connectivity index (χ1v) is 8.32. The molecule has 4 rings (SSSR count). The summed E-state index contributed by atoms with van der Waals surface area (Å²) in [6, 6.07) is 24.0. The molecule has 4 heteroatoms. The molecule has 0 aliphatic heterocycles. The van der Waals surface area contributed by atoms with Crippen molar-refractivity contribution >= 4 is 5.65 Å². The van der Waals surface area contributed by atoms with Crippen molar-refractivity contribution in [2.75, 3.05) is 0 Å². The lowest BCUT2D eigenvalue weighted by Crippen LogP contribution is -2.13. The molecule has 124 valence electrons. The molecule has 0 unspecified atom stereocenters. The Balaban J connectivity index is 1.34. The number of para-hydroxylation sites is 1. The molecule has 0 aliphatic carbocycles. The smallest absolute Gasteiger partial charge is 0.136 e. The second kappa shape index (κ2) is 7.20. The van der Waals surface area contributed by atoms with Crippen molar-refractivity contribution in [3.8, 4) is 11.5 Å². The van der Waals surface area contributed by atoms with Gasteiger partial charge in [0.1, 0.15) is 17.1 Å². The van der Waals surface area contributed by atoms with E-state index in [1.165, 1.54) is 5.56 Å². The molecule has 2 heterocycles. The standard InChI is InChI=1S/C21H19N3O/c1-2-6-19(7-3-1)25-20-11-9-17(10-12-20)14-22-15-18-16-23-21-8-4-5-13-24(18)21/h1-13,16,22H,14-15H2. The normalized spacial score (nSPS) is 10.9. The number of benzene rings is 2. The summed E-state index contributed by atoms with van der Waals surface area (Å²) in [7, 11) is 0. The summed E-state index contributed by atoms with van der Waals surface area (Å²) in [6.07, 6.45) is 3.95. The van der Waals surface area contributed by atoms with Gasteiger partial charge in [-0.25, -0.2) is 4.98 Å². The maximum atomic E-state index is 5.81. The highest BCUT2D eigenvalue weighted by Crippen LogP contribution is 2.21. The van der Waals surface area contributed by atoms with Gasteiger partial charge in [-0.1, -0.05) is 36.4 Å². The van der Waals surface area contributed by atoms with Crippen molar-refractivity contribution in [1.82, 2.24) is 14.7 Å². The van der Waals surface area contributed by atoms with Crippen LogP contribution in [0.15, 0.2) is 85.2 Å². The molecule has 1 N–H and O–H groups in total. The van der Waals surface area contributed by atoms with Crippen LogP contribution in [-0.4, -0.2) is 9.38 Å². The Kier molecular flexibility index (Phi) is 4.44. The Bertz CT molecular complexity index is 946. The third kappa shape index (κ3) is 3.70. The van der Waals surface area contributed by atoms with Crippen molar-refractivity contribution in [2.24, 2.45) is 0 Å². The van der Waals surface area contributed by atoms with Gasteiger partial charge in [-0.3, -0.25) is 0 Å². The van der Waals surface area contributed by atoms with Crippen LogP contribution in [0.3, 0.4) is 0 Å². The van der Waals surface area contributed by atoms with E-state index in [2.05, 4.69) is 26.8 Å². The number of rotatable bonds is 6. The van der Waals surface area contributed by atoms with Crippen LogP contribution in [0.2, 0.25) is 0 Å². The van der Waals surface area contributed by atoms with Gasteiger partial charge in [0.05, 0.1) is 11.9 Å². The monoisotopic (exact) mass is 329 g/mol. The minimum absolute atomic E-state index is 0.771. The first-order chi connectivity index (χ1) is 12.4. The molecule has 0 amide bonds. The number of fused-ring (bicyclic) bond motifs is 1. The number of ether oxygens (including phenoxy) is 1. The highest BCUT2D eigenvalue weighted by molar-refractivity contribution is 5.39. The van der Waals surface area contributed by atoms with E-state index in [0.29, 0.717) is 0 Å². The maximum Gasteiger partial charge on any atom is 0.136 e. The first kappa shape index (κ1) is 15.4. The fourth-order valence-electron chi connectivity index (χ4n) is 2.75. The molecule has 0 fully saturated rings. The Morgan fingerprint density at radius 2 is 1.56 bits per heavy atom. The summed E-state index contributed by atoms with van der Waals surface area (Å²) in [5, 5.41) is 3.46. The quantitative estimate of drug-likeness (QED) is 0.569. The van der Waals surface area contributed by atoms with E-state index in [0.717, 1.165) is 35.9 Å². The zero-order chi connectivity index (χ0) is 16.9. The van der Waals surface area contributed by atoms with Crippen molar-refractivity contribution in [2.45, 2.75) is 13.1 Å². The van der Waals surface area contributed by atoms with Crippen LogP contribution in [0.25, 0.3) is 5.65 Å². The Hall–Kier alpha value is -3.11. The summed E-state index contributed by atoms with van der Waals surface area (Å²) >= 11 is 0. The highest BCUT2D eigenvalue weighted by Gasteiger charge is 2.02. The Morgan fingerprint density at radius 1 is 0.800 bits per heavy atom. The molecule has 0 atom stereocenters. The van der Waals surface area contributed by atoms with Gasteiger partial charge in [0.2, 0.25) is 0 Å². The summed E-state index contributed by atoms with van der Waals surface area (Å²) in [5.41, 5.74) is 3.34. The lowest BCUT2D eigenvalue weighted by molar-refractivity contribution is 0.482. The second-order valence-electron chi connectivity index (χ2n) is 5.84. The molecular weight excluding hydrogens is 310 g/mol. The van der Waals surface area contributed by atoms with Crippen LogP contribution in [-0.2, 0) is 13.1 Å². The molecule has 0 spiro atoms. The van der Waals surface area contributed by atoms with Gasteiger partial charge < -0.3 is 14.5 Å². The van der Waals surface area contributed by atoms with Gasteiger partial charge in [0.15, 0.2) is 0 Å². The fourth-order valence-corrected chi connectivity index (χ4v) is 2.75. The van der Waals surface area contributed by atoms with E-state index in [9.17, 15) is 0 Å². The third-order valence-electron chi connectivity index (χ3n) is 4.03. The number of nitrogens with one attached hydrogen (secondary N) is 1. The van der Waals surface area contributed by atoms with Crippen molar-refractivity contribution in [1.29, 1.82) is 0 Å². The van der Waals surface area contributed by atoms with Crippen LogP contribution >= 0.6 is 0 Å². The predicted molar refractivity (Wildman–Crippen MR) is 98.7 cm³/mol. The van der Waals surface area contributed by atoms with Crippen LogP contribution < -0.4 is 10.1 Å². The van der Waals surface area contributed by atoms with Crippen LogP contribution in [0.5, 0.6) is 11.5 Å². The summed E-state index contributed by atoms with van der Waals surface area (Å²) < 4.78 is 7.91. The molecule has 0 saturated heterocycles.